The Morgan fingerprint density at radius 3 is 1.60 bits per heavy atom. The Kier molecular flexibility index (Phi) is 18.5. The number of benzene rings is 1. The molecule has 1 rings (SSSR count). The average Bonchev–Trinajstić information content (AvgIpc) is 2.88. The normalized spacial score (nSPS) is 12.2. The second-order valence-corrected chi connectivity index (χ2v) is 14.0. The van der Waals surface area contributed by atoms with Crippen molar-refractivity contribution in [1.29, 1.82) is 0 Å². The zero-order chi connectivity index (χ0) is 29.9. The minimum atomic E-state index is -0.0143. The predicted molar refractivity (Wildman–Crippen MR) is 181 cm³/mol. The Bertz CT molecular complexity index is 851. The molecule has 0 aliphatic heterocycles. The van der Waals surface area contributed by atoms with Crippen molar-refractivity contribution >= 4 is 23.5 Å². The molecule has 0 spiro atoms. The lowest BCUT2D eigenvalue weighted by molar-refractivity contribution is 0.396. The Morgan fingerprint density at radius 2 is 1.18 bits per heavy atom. The Balaban J connectivity index is 2.22. The maximum absolute atomic E-state index is 5.73. The number of methoxy groups -OCH3 is 1. The van der Waals surface area contributed by atoms with Gasteiger partial charge in [0.2, 0.25) is 0 Å². The van der Waals surface area contributed by atoms with E-state index in [1.54, 1.807) is 7.11 Å². The molecule has 0 saturated heterocycles. The minimum Gasteiger partial charge on any atom is -0.496 e. The highest BCUT2D eigenvalue weighted by molar-refractivity contribution is 7.80. The van der Waals surface area contributed by atoms with Crippen molar-refractivity contribution in [2.24, 2.45) is 5.10 Å². The molecule has 5 heteroatoms. The molecule has 0 bridgehead atoms. The van der Waals surface area contributed by atoms with Crippen LogP contribution in [-0.2, 0) is 10.8 Å². The highest BCUT2D eigenvalue weighted by atomic mass is 32.1. The van der Waals surface area contributed by atoms with Gasteiger partial charge in [-0.2, -0.15) is 5.10 Å². The highest BCUT2D eigenvalue weighted by Gasteiger charge is 2.25. The van der Waals surface area contributed by atoms with Crippen LogP contribution in [-0.4, -0.2) is 25.0 Å². The molecule has 0 atom stereocenters. The van der Waals surface area contributed by atoms with Gasteiger partial charge in [0.25, 0.3) is 0 Å². The molecule has 0 radical (unpaired) electrons. The number of rotatable bonds is 20. The molecular formula is C35H63N3OS. The van der Waals surface area contributed by atoms with Crippen molar-refractivity contribution in [3.8, 4) is 5.75 Å². The van der Waals surface area contributed by atoms with Gasteiger partial charge in [0, 0.05) is 12.1 Å². The zero-order valence-electron chi connectivity index (χ0n) is 27.5. The summed E-state index contributed by atoms with van der Waals surface area (Å²) in [6, 6.07) is 4.37. The van der Waals surface area contributed by atoms with Crippen LogP contribution in [0.1, 0.15) is 168 Å². The molecular weight excluding hydrogens is 510 g/mol. The molecule has 0 aliphatic rings. The van der Waals surface area contributed by atoms with Gasteiger partial charge >= 0.3 is 0 Å². The van der Waals surface area contributed by atoms with Gasteiger partial charge in [-0.15, -0.1) is 0 Å². The van der Waals surface area contributed by atoms with Crippen LogP contribution in [0, 0.1) is 0 Å². The summed E-state index contributed by atoms with van der Waals surface area (Å²) in [5.41, 5.74) is 6.48. The summed E-state index contributed by atoms with van der Waals surface area (Å²) in [6.07, 6.45) is 24.0. The van der Waals surface area contributed by atoms with E-state index in [0.29, 0.717) is 5.11 Å². The average molecular weight is 574 g/mol. The van der Waals surface area contributed by atoms with Crippen LogP contribution in [0.25, 0.3) is 0 Å². The molecule has 0 unspecified atom stereocenters. The monoisotopic (exact) mass is 573 g/mol. The van der Waals surface area contributed by atoms with Crippen LogP contribution < -0.4 is 15.5 Å². The summed E-state index contributed by atoms with van der Waals surface area (Å²) in [7, 11) is 1.73. The fraction of sp³-hybridized carbons (Fsp3) is 0.771. The van der Waals surface area contributed by atoms with E-state index in [2.05, 4.69) is 76.4 Å². The summed E-state index contributed by atoms with van der Waals surface area (Å²) < 4.78 is 5.73. The number of hydrazone groups is 1. The van der Waals surface area contributed by atoms with Crippen LogP contribution in [0.15, 0.2) is 17.2 Å². The predicted octanol–water partition coefficient (Wildman–Crippen LogP) is 10.3. The number of ether oxygens (including phenoxy) is 1. The Hall–Kier alpha value is -1.62. The van der Waals surface area contributed by atoms with Crippen LogP contribution in [0.2, 0.25) is 0 Å². The number of hydrogen-bond donors (Lipinski definition) is 2. The molecule has 1 aromatic carbocycles. The molecule has 2 N–H and O–H groups in total. The van der Waals surface area contributed by atoms with Crippen molar-refractivity contribution in [3.05, 3.63) is 28.8 Å². The molecule has 1 aromatic rings. The lowest BCUT2D eigenvalue weighted by Crippen LogP contribution is -2.32. The summed E-state index contributed by atoms with van der Waals surface area (Å²) in [5, 5.41) is 8.32. The van der Waals surface area contributed by atoms with E-state index in [-0.39, 0.29) is 10.8 Å². The molecule has 4 nitrogen and oxygen atoms in total. The maximum atomic E-state index is 5.73. The van der Waals surface area contributed by atoms with E-state index in [9.17, 15) is 0 Å². The van der Waals surface area contributed by atoms with E-state index < -0.39 is 0 Å². The molecule has 0 fully saturated rings. The molecule has 0 aliphatic carbocycles. The summed E-state index contributed by atoms with van der Waals surface area (Å²) in [6.45, 7) is 16.5. The number of hydrogen-bond acceptors (Lipinski definition) is 3. The third-order valence-corrected chi connectivity index (χ3v) is 7.91. The van der Waals surface area contributed by atoms with E-state index >= 15 is 0 Å². The number of nitrogens with zero attached hydrogens (tertiary/aromatic N) is 1. The third-order valence-electron chi connectivity index (χ3n) is 7.67. The quantitative estimate of drug-likeness (QED) is 0.0705. The van der Waals surface area contributed by atoms with Crippen LogP contribution in [0.4, 0.5) is 0 Å². The van der Waals surface area contributed by atoms with Crippen molar-refractivity contribution in [2.45, 2.75) is 162 Å². The van der Waals surface area contributed by atoms with Gasteiger partial charge in [-0.25, -0.2) is 0 Å². The van der Waals surface area contributed by atoms with Crippen molar-refractivity contribution in [2.75, 3.05) is 13.7 Å². The van der Waals surface area contributed by atoms with Gasteiger partial charge in [-0.1, -0.05) is 151 Å². The first-order valence-electron chi connectivity index (χ1n) is 16.3. The lowest BCUT2D eigenvalue weighted by atomic mass is 9.78. The van der Waals surface area contributed by atoms with Gasteiger partial charge in [0.05, 0.1) is 13.3 Å². The minimum absolute atomic E-state index is 0.00255. The summed E-state index contributed by atoms with van der Waals surface area (Å²) >= 11 is 5.44. The molecule has 230 valence electrons. The summed E-state index contributed by atoms with van der Waals surface area (Å²) in [5.74, 6) is 0.895. The smallest absolute Gasteiger partial charge is 0.186 e. The van der Waals surface area contributed by atoms with Crippen LogP contribution >= 0.6 is 12.2 Å². The van der Waals surface area contributed by atoms with Crippen LogP contribution in [0.3, 0.4) is 0 Å². The second kappa shape index (κ2) is 20.3. The van der Waals surface area contributed by atoms with Crippen LogP contribution in [0.5, 0.6) is 5.75 Å². The molecule has 0 aromatic heterocycles. The molecule has 0 saturated carbocycles. The Morgan fingerprint density at radius 1 is 0.725 bits per heavy atom. The van der Waals surface area contributed by atoms with Crippen molar-refractivity contribution in [3.63, 3.8) is 0 Å². The van der Waals surface area contributed by atoms with Gasteiger partial charge < -0.3 is 10.1 Å². The van der Waals surface area contributed by atoms with E-state index in [1.807, 2.05) is 6.21 Å². The maximum Gasteiger partial charge on any atom is 0.186 e. The van der Waals surface area contributed by atoms with E-state index in [1.165, 1.54) is 107 Å². The summed E-state index contributed by atoms with van der Waals surface area (Å²) in [4.78, 5) is 0. The lowest BCUT2D eigenvalue weighted by Gasteiger charge is -2.28. The fourth-order valence-corrected chi connectivity index (χ4v) is 5.34. The van der Waals surface area contributed by atoms with Crippen molar-refractivity contribution < 1.29 is 4.74 Å². The SMILES string of the molecule is CCCCCCCCCCCCCCCCCCNC(=S)N/N=C/c1cc(OC)c(C(C)(C)C)cc1C(C)(C)C. The molecule has 0 amide bonds. The number of unbranched alkanes of at least 4 members (excludes halogenated alkanes) is 15. The first kappa shape index (κ1) is 36.4. The fourth-order valence-electron chi connectivity index (χ4n) is 5.18. The van der Waals surface area contributed by atoms with Crippen molar-refractivity contribution in [1.82, 2.24) is 10.7 Å². The largest absolute Gasteiger partial charge is 0.496 e. The number of thiocarbonyl (C=S) groups is 1. The first-order valence-corrected chi connectivity index (χ1v) is 16.7. The topological polar surface area (TPSA) is 45.7 Å². The van der Waals surface area contributed by atoms with Gasteiger partial charge in [0.15, 0.2) is 5.11 Å². The third kappa shape index (κ3) is 16.0. The van der Waals surface area contributed by atoms with Gasteiger partial charge in [-0.3, -0.25) is 5.43 Å². The number of nitrogens with one attached hydrogen (secondary N) is 2. The first-order chi connectivity index (χ1) is 19.0. The molecule has 0 heterocycles. The Labute approximate surface area is 253 Å². The zero-order valence-corrected chi connectivity index (χ0v) is 28.3. The van der Waals surface area contributed by atoms with E-state index in [4.69, 9.17) is 17.0 Å². The van der Waals surface area contributed by atoms with E-state index in [0.717, 1.165) is 24.3 Å². The molecule has 40 heavy (non-hydrogen) atoms. The second-order valence-electron chi connectivity index (χ2n) is 13.6. The standard InChI is InChI=1S/C35H63N3OS/c1-9-10-11-12-13-14-15-16-17-18-19-20-21-22-23-24-25-36-33(40)38-37-28-29-26-32(39-8)31(35(5,6)7)27-30(29)34(2,3)4/h26-28H,9-25H2,1-8H3,(H2,36,38,40)/b37-28+. The highest BCUT2D eigenvalue weighted by Crippen LogP contribution is 2.37. The van der Waals surface area contributed by atoms with Gasteiger partial charge in [-0.05, 0) is 46.7 Å². The van der Waals surface area contributed by atoms with Gasteiger partial charge in [0.1, 0.15) is 5.75 Å².